The van der Waals surface area contributed by atoms with Crippen LogP contribution in [0.15, 0.2) is 12.3 Å². The van der Waals surface area contributed by atoms with Crippen LogP contribution in [0.4, 0.5) is 0 Å². The normalized spacial score (nSPS) is 25.0. The average Bonchev–Trinajstić information content (AvgIpc) is 3.06. The van der Waals surface area contributed by atoms with E-state index in [1.165, 1.54) is 0 Å². The highest BCUT2D eigenvalue weighted by Gasteiger charge is 2.37. The Kier molecular flexibility index (Phi) is 3.16. The Labute approximate surface area is 133 Å². The molecule has 1 saturated heterocycles. The fourth-order valence-electron chi connectivity index (χ4n) is 3.72. The van der Waals surface area contributed by atoms with Gasteiger partial charge in [0.2, 0.25) is 5.91 Å². The SMILES string of the molecule is Cc1c(Cl)cnc2c1cc1n2CC(O)C(N2CCCC2=O)C1. The summed E-state index contributed by atoms with van der Waals surface area (Å²) in [5, 5.41) is 12.2. The number of fused-ring (bicyclic) bond motifs is 3. The molecular weight excluding hydrogens is 302 g/mol. The van der Waals surface area contributed by atoms with Crippen molar-refractivity contribution < 1.29 is 9.90 Å². The number of aromatic nitrogens is 2. The Morgan fingerprint density at radius 2 is 2.27 bits per heavy atom. The lowest BCUT2D eigenvalue weighted by atomic mass is 9.99. The Hall–Kier alpha value is -1.59. The van der Waals surface area contributed by atoms with E-state index in [1.54, 1.807) is 6.20 Å². The lowest BCUT2D eigenvalue weighted by Gasteiger charge is -2.36. The third kappa shape index (κ3) is 1.96. The largest absolute Gasteiger partial charge is 0.389 e. The zero-order valence-electron chi connectivity index (χ0n) is 12.4. The minimum atomic E-state index is -0.553. The second-order valence-corrected chi connectivity index (χ2v) is 6.65. The molecule has 0 saturated carbocycles. The third-order valence-electron chi connectivity index (χ3n) is 4.96. The number of pyridine rings is 1. The van der Waals surface area contributed by atoms with Crippen molar-refractivity contribution in [3.05, 3.63) is 28.5 Å². The number of aliphatic hydroxyl groups excluding tert-OH is 1. The highest BCUT2D eigenvalue weighted by Crippen LogP contribution is 2.31. The van der Waals surface area contributed by atoms with Crippen LogP contribution >= 0.6 is 11.6 Å². The van der Waals surface area contributed by atoms with Crippen LogP contribution in [0.5, 0.6) is 0 Å². The number of likely N-dealkylation sites (tertiary alicyclic amines) is 1. The number of hydrogen-bond donors (Lipinski definition) is 1. The van der Waals surface area contributed by atoms with Crippen molar-refractivity contribution in [2.24, 2.45) is 0 Å². The molecule has 2 atom stereocenters. The molecule has 0 aliphatic carbocycles. The summed E-state index contributed by atoms with van der Waals surface area (Å²) in [7, 11) is 0. The van der Waals surface area contributed by atoms with Crippen LogP contribution in [0.2, 0.25) is 5.02 Å². The van der Waals surface area contributed by atoms with Crippen LogP contribution < -0.4 is 0 Å². The zero-order valence-corrected chi connectivity index (χ0v) is 13.2. The van der Waals surface area contributed by atoms with Crippen LogP contribution in [0, 0.1) is 6.92 Å². The minimum absolute atomic E-state index is 0.123. The number of aliphatic hydroxyl groups is 1. The fraction of sp³-hybridized carbons (Fsp3) is 0.500. The number of rotatable bonds is 1. The van der Waals surface area contributed by atoms with Crippen molar-refractivity contribution in [1.82, 2.24) is 14.5 Å². The molecule has 2 aromatic heterocycles. The number of nitrogens with zero attached hydrogens (tertiary/aromatic N) is 3. The van der Waals surface area contributed by atoms with E-state index in [0.717, 1.165) is 35.3 Å². The standard InChI is InChI=1S/C16H18ClN3O2/c1-9-11-5-10-6-13(19-4-2-3-15(19)22)14(21)8-20(10)16(11)18-7-12(9)17/h5,7,13-14,21H,2-4,6,8H2,1H3. The average molecular weight is 320 g/mol. The van der Waals surface area contributed by atoms with Crippen LogP contribution in [-0.2, 0) is 17.8 Å². The molecule has 2 unspecified atom stereocenters. The molecule has 116 valence electrons. The summed E-state index contributed by atoms with van der Waals surface area (Å²) in [6.07, 6.45) is 3.27. The van der Waals surface area contributed by atoms with Gasteiger partial charge in [-0.3, -0.25) is 4.79 Å². The van der Waals surface area contributed by atoms with Crippen molar-refractivity contribution in [1.29, 1.82) is 0 Å². The van der Waals surface area contributed by atoms with Gasteiger partial charge >= 0.3 is 0 Å². The van der Waals surface area contributed by atoms with Gasteiger partial charge in [-0.25, -0.2) is 4.98 Å². The highest BCUT2D eigenvalue weighted by atomic mass is 35.5. The van der Waals surface area contributed by atoms with Crippen LogP contribution in [0.3, 0.4) is 0 Å². The molecule has 0 radical (unpaired) electrons. The quantitative estimate of drug-likeness (QED) is 0.873. The maximum atomic E-state index is 12.0. The summed E-state index contributed by atoms with van der Waals surface area (Å²) in [4.78, 5) is 18.3. The number of aryl methyl sites for hydroxylation is 1. The van der Waals surface area contributed by atoms with E-state index in [9.17, 15) is 9.90 Å². The van der Waals surface area contributed by atoms with Gasteiger partial charge in [-0.2, -0.15) is 0 Å². The monoisotopic (exact) mass is 319 g/mol. The maximum absolute atomic E-state index is 12.0. The molecule has 6 heteroatoms. The Bertz CT molecular complexity index is 770. The van der Waals surface area contributed by atoms with E-state index in [1.807, 2.05) is 11.8 Å². The lowest BCUT2D eigenvalue weighted by Crippen LogP contribution is -2.50. The summed E-state index contributed by atoms with van der Waals surface area (Å²) < 4.78 is 2.06. The first-order valence-corrected chi connectivity index (χ1v) is 8.05. The maximum Gasteiger partial charge on any atom is 0.222 e. The molecule has 2 aliphatic rings. The van der Waals surface area contributed by atoms with E-state index >= 15 is 0 Å². The molecule has 2 aliphatic heterocycles. The highest BCUT2D eigenvalue weighted by molar-refractivity contribution is 6.32. The second kappa shape index (κ2) is 4.96. The Morgan fingerprint density at radius 1 is 1.45 bits per heavy atom. The number of carbonyl (C=O) groups is 1. The molecule has 0 aromatic carbocycles. The zero-order chi connectivity index (χ0) is 15.4. The molecule has 4 rings (SSSR count). The molecular formula is C16H18ClN3O2. The van der Waals surface area contributed by atoms with E-state index < -0.39 is 6.10 Å². The van der Waals surface area contributed by atoms with Crippen LogP contribution in [-0.4, -0.2) is 44.2 Å². The van der Waals surface area contributed by atoms with E-state index in [-0.39, 0.29) is 11.9 Å². The van der Waals surface area contributed by atoms with Gasteiger partial charge in [0.15, 0.2) is 0 Å². The van der Waals surface area contributed by atoms with Gasteiger partial charge in [-0.05, 0) is 25.0 Å². The summed E-state index contributed by atoms with van der Waals surface area (Å²) >= 11 is 6.16. The first kappa shape index (κ1) is 14.0. The molecule has 1 N–H and O–H groups in total. The molecule has 2 aromatic rings. The molecule has 0 bridgehead atoms. The number of hydrogen-bond acceptors (Lipinski definition) is 3. The van der Waals surface area contributed by atoms with Crippen molar-refractivity contribution in [2.75, 3.05) is 6.54 Å². The summed E-state index contributed by atoms with van der Waals surface area (Å²) in [6.45, 7) is 3.21. The van der Waals surface area contributed by atoms with Gasteiger partial charge in [-0.15, -0.1) is 0 Å². The first-order valence-electron chi connectivity index (χ1n) is 7.67. The fourth-order valence-corrected chi connectivity index (χ4v) is 3.87. The lowest BCUT2D eigenvalue weighted by molar-refractivity contribution is -0.132. The van der Waals surface area contributed by atoms with Crippen molar-refractivity contribution in [2.45, 2.75) is 44.9 Å². The number of halogens is 1. The van der Waals surface area contributed by atoms with Gasteiger partial charge in [0, 0.05) is 36.7 Å². The van der Waals surface area contributed by atoms with Crippen LogP contribution in [0.1, 0.15) is 24.1 Å². The van der Waals surface area contributed by atoms with E-state index in [0.29, 0.717) is 24.4 Å². The van der Waals surface area contributed by atoms with Gasteiger partial charge < -0.3 is 14.6 Å². The summed E-state index contributed by atoms with van der Waals surface area (Å²) in [5.41, 5.74) is 2.99. The van der Waals surface area contributed by atoms with Crippen LogP contribution in [0.25, 0.3) is 11.0 Å². The van der Waals surface area contributed by atoms with E-state index in [4.69, 9.17) is 11.6 Å². The Balaban J connectivity index is 1.77. The molecule has 5 nitrogen and oxygen atoms in total. The smallest absolute Gasteiger partial charge is 0.222 e. The predicted octanol–water partition coefficient (Wildman–Crippen LogP) is 1.91. The molecule has 1 amide bonds. The molecule has 22 heavy (non-hydrogen) atoms. The topological polar surface area (TPSA) is 58.4 Å². The second-order valence-electron chi connectivity index (χ2n) is 6.24. The first-order chi connectivity index (χ1) is 10.6. The number of amides is 1. The van der Waals surface area contributed by atoms with Gasteiger partial charge in [0.1, 0.15) is 5.65 Å². The molecule has 0 spiro atoms. The van der Waals surface area contributed by atoms with Gasteiger partial charge in [-0.1, -0.05) is 11.6 Å². The Morgan fingerprint density at radius 3 is 3.00 bits per heavy atom. The molecule has 1 fully saturated rings. The van der Waals surface area contributed by atoms with Crippen molar-refractivity contribution in [3.8, 4) is 0 Å². The minimum Gasteiger partial charge on any atom is -0.389 e. The molecule has 4 heterocycles. The third-order valence-corrected chi connectivity index (χ3v) is 5.34. The van der Waals surface area contributed by atoms with Gasteiger partial charge in [0.25, 0.3) is 0 Å². The number of carbonyl (C=O) groups excluding carboxylic acids is 1. The summed E-state index contributed by atoms with van der Waals surface area (Å²) in [5.74, 6) is 0.158. The van der Waals surface area contributed by atoms with Crippen molar-refractivity contribution >= 4 is 28.5 Å². The predicted molar refractivity (Wildman–Crippen MR) is 83.9 cm³/mol. The summed E-state index contributed by atoms with van der Waals surface area (Å²) in [6, 6.07) is 1.98. The van der Waals surface area contributed by atoms with Gasteiger partial charge in [0.05, 0.1) is 23.7 Å². The van der Waals surface area contributed by atoms with E-state index in [2.05, 4.69) is 15.6 Å². The van der Waals surface area contributed by atoms with Crippen molar-refractivity contribution in [3.63, 3.8) is 0 Å².